The number of nitrogens with one attached hydrogen (secondary N) is 13. The molecule has 0 aliphatic carbocycles. The van der Waals surface area contributed by atoms with Gasteiger partial charge in [0.15, 0.2) is 11.9 Å². The molecule has 0 rings (SSSR count). The molecule has 37 heteroatoms. The molecule has 0 saturated carbocycles. The number of aliphatic imine (C=N–C) groups is 2. The number of hydrogen-bond acceptors (Lipinski definition) is 19. The average molecular weight is 1550 g/mol. The number of nitrogens with zero attached hydrogens (tertiary/aromatic N) is 2. The van der Waals surface area contributed by atoms with Crippen molar-refractivity contribution in [3.63, 3.8) is 0 Å². The molecule has 0 bridgehead atoms. The SMILES string of the molecule is CC(C)C[C@H](NC(=O)[C@H](CCCN=C(N)N)NC(=O)CNC(=O)[C@H](CC(C)C)NC(=O)[C@@H](NC(=O)[C@H](CCCCN)NC(=O)[C@@H](NC(=O)[C@H](CC(C)C)NC(=O)[C@H](CCCN=C(N)N)NC(=O)CNC(=O)[C@H](CC(C)C)NC(=O)[C@@H](NC(=O)[C@H](N)CCCCN)C(C)C)C(C)C)C(C)C)C(=O)N[C@H](C(N)=O)C(C)C. The molecule has 0 fully saturated rings. The van der Waals surface area contributed by atoms with Gasteiger partial charge in [0, 0.05) is 13.1 Å². The summed E-state index contributed by atoms with van der Waals surface area (Å²) in [5, 5.41) is 34.7. The van der Waals surface area contributed by atoms with Crippen LogP contribution in [0.1, 0.15) is 201 Å². The molecule has 0 radical (unpaired) electrons. The number of hydrogen-bond donors (Lipinski definition) is 21. The summed E-state index contributed by atoms with van der Waals surface area (Å²) in [4.78, 5) is 202. The van der Waals surface area contributed by atoms with Gasteiger partial charge in [-0.25, -0.2) is 0 Å². The van der Waals surface area contributed by atoms with Crippen LogP contribution in [0.5, 0.6) is 0 Å². The summed E-state index contributed by atoms with van der Waals surface area (Å²) in [6.45, 7) is 27.3. The summed E-state index contributed by atoms with van der Waals surface area (Å²) in [7, 11) is 0. The number of primary amides is 1. The third-order valence-electron chi connectivity index (χ3n) is 17.3. The molecule has 0 aromatic carbocycles. The second kappa shape index (κ2) is 53.0. The van der Waals surface area contributed by atoms with E-state index in [1.54, 1.807) is 83.1 Å². The molecule has 0 heterocycles. The summed E-state index contributed by atoms with van der Waals surface area (Å²) < 4.78 is 0. The molecule has 29 N–H and O–H groups in total. The number of amides is 14. The minimum absolute atomic E-state index is 0.0203. The number of unbranched alkanes of at least 4 members (excludes halogenated alkanes) is 2. The van der Waals surface area contributed by atoms with E-state index in [9.17, 15) is 67.1 Å². The fourth-order valence-electron chi connectivity index (χ4n) is 11.4. The molecule has 37 nitrogen and oxygen atoms in total. The Labute approximate surface area is 644 Å². The first-order valence-electron chi connectivity index (χ1n) is 38.3. The lowest BCUT2D eigenvalue weighted by atomic mass is 9.98. The summed E-state index contributed by atoms with van der Waals surface area (Å²) in [5.74, 6) is -13.7. The minimum atomic E-state index is -1.34. The minimum Gasteiger partial charge on any atom is -0.370 e. The lowest BCUT2D eigenvalue weighted by molar-refractivity contribution is -0.136. The van der Waals surface area contributed by atoms with Gasteiger partial charge in [0.2, 0.25) is 82.7 Å². The van der Waals surface area contributed by atoms with Gasteiger partial charge < -0.3 is 115 Å². The van der Waals surface area contributed by atoms with Crippen LogP contribution in [0.15, 0.2) is 9.98 Å². The molecule has 109 heavy (non-hydrogen) atoms. The molecule has 14 amide bonds. The molecule has 0 aliphatic rings. The Kier molecular flexibility index (Phi) is 48.6. The Bertz CT molecular complexity index is 2970. The zero-order valence-corrected chi connectivity index (χ0v) is 67.4. The monoisotopic (exact) mass is 1550 g/mol. The van der Waals surface area contributed by atoms with Crippen LogP contribution >= 0.6 is 0 Å². The second-order valence-corrected chi connectivity index (χ2v) is 30.9. The Balaban J connectivity index is 6.80. The molecule has 0 spiro atoms. The Morgan fingerprint density at radius 1 is 0.284 bits per heavy atom. The maximum absolute atomic E-state index is 14.5. The van der Waals surface area contributed by atoms with Crippen LogP contribution in [0.2, 0.25) is 0 Å². The van der Waals surface area contributed by atoms with E-state index in [1.165, 1.54) is 0 Å². The predicted octanol–water partition coefficient (Wildman–Crippen LogP) is -3.46. The number of rotatable bonds is 55. The van der Waals surface area contributed by atoms with Crippen molar-refractivity contribution in [1.29, 1.82) is 0 Å². The van der Waals surface area contributed by atoms with Crippen molar-refractivity contribution in [2.45, 2.75) is 273 Å². The third kappa shape index (κ3) is 42.0. The molecule has 12 atom stereocenters. The maximum atomic E-state index is 14.5. The quantitative estimate of drug-likeness (QED) is 0.0160. The van der Waals surface area contributed by atoms with Crippen molar-refractivity contribution in [2.75, 3.05) is 39.3 Å². The topological polar surface area (TPSA) is 628 Å². The van der Waals surface area contributed by atoms with Gasteiger partial charge >= 0.3 is 0 Å². The van der Waals surface area contributed by atoms with E-state index in [0.29, 0.717) is 38.6 Å². The van der Waals surface area contributed by atoms with E-state index >= 15 is 0 Å². The molecule has 0 aliphatic heterocycles. The number of carbonyl (C=O) groups is 14. The van der Waals surface area contributed by atoms with E-state index in [1.807, 2.05) is 27.7 Å². The van der Waals surface area contributed by atoms with E-state index in [0.717, 1.165) is 0 Å². The lowest BCUT2D eigenvalue weighted by Crippen LogP contribution is -2.61. The van der Waals surface area contributed by atoms with Crippen molar-refractivity contribution in [1.82, 2.24) is 69.1 Å². The standard InChI is InChI=1S/C72H137N23O14/c1-37(2)31-49(90-69(108)56(42(11)12)93-60(99)45(75)23-17-19-27-73)61(100)83-35-54(97)86-47(26-22-30-82-72(79)80)64(103)89-52(34-40(7)8)67(106)95-57(43(13)14)68(107)87-48(24-18-20-28-74)65(104)94-58(44(15)16)70(109)91-50(32-38(3)4)62(101)84-36-53(96)85-46(25-21-29-81-71(77)78)63(102)88-51(33-39(5)6)66(105)92-55(41(9)10)59(76)98/h37-52,55-58H,17-36,73-75H2,1-16H3,(H2,76,98)(H,83,100)(H,84,101)(H,85,96)(H,86,97)(H,87,107)(H,88,102)(H,89,103)(H,90,108)(H,91,109)(H,92,105)(H,93,99)(H,94,104)(H,95,106)(H4,77,78,81)(H4,79,80,82)/t45-,46+,47+,48+,49+,50+,51+,52+,55+,56+,57+,58+/m1/s1. The van der Waals surface area contributed by atoms with Gasteiger partial charge in [-0.05, 0) is 144 Å². The first kappa shape index (κ1) is 100. The summed E-state index contributed by atoms with van der Waals surface area (Å²) in [6, 6.07) is -14.4. The van der Waals surface area contributed by atoms with Gasteiger partial charge in [0.1, 0.15) is 66.5 Å². The van der Waals surface area contributed by atoms with Gasteiger partial charge in [-0.15, -0.1) is 0 Å². The lowest BCUT2D eigenvalue weighted by Gasteiger charge is -2.30. The third-order valence-corrected chi connectivity index (χ3v) is 17.3. The highest BCUT2D eigenvalue weighted by Crippen LogP contribution is 2.16. The first-order valence-corrected chi connectivity index (χ1v) is 38.3. The van der Waals surface area contributed by atoms with E-state index in [-0.39, 0.29) is 119 Å². The fraction of sp³-hybridized carbons (Fsp3) is 0.778. The van der Waals surface area contributed by atoms with Crippen molar-refractivity contribution >= 4 is 94.6 Å². The number of carbonyl (C=O) groups excluding carboxylic acids is 14. The molecule has 624 valence electrons. The maximum Gasteiger partial charge on any atom is 0.243 e. The van der Waals surface area contributed by atoms with Gasteiger partial charge in [0.05, 0.1) is 19.1 Å². The van der Waals surface area contributed by atoms with Gasteiger partial charge in [-0.3, -0.25) is 77.1 Å². The van der Waals surface area contributed by atoms with Crippen molar-refractivity contribution in [3.8, 4) is 0 Å². The summed E-state index contributed by atoms with van der Waals surface area (Å²) >= 11 is 0. The zero-order valence-electron chi connectivity index (χ0n) is 67.4. The smallest absolute Gasteiger partial charge is 0.243 e. The van der Waals surface area contributed by atoms with Crippen LogP contribution in [0.3, 0.4) is 0 Å². The number of guanidine groups is 2. The van der Waals surface area contributed by atoms with E-state index in [4.69, 9.17) is 45.9 Å². The Hall–Kier alpha value is -9.00. The van der Waals surface area contributed by atoms with Crippen LogP contribution < -0.4 is 115 Å². The Morgan fingerprint density at radius 2 is 0.541 bits per heavy atom. The van der Waals surface area contributed by atoms with Gasteiger partial charge in [0.25, 0.3) is 0 Å². The highest BCUT2D eigenvalue weighted by atomic mass is 16.2. The second-order valence-electron chi connectivity index (χ2n) is 30.9. The molecule has 0 unspecified atom stereocenters. The highest BCUT2D eigenvalue weighted by Gasteiger charge is 2.38. The summed E-state index contributed by atoms with van der Waals surface area (Å²) in [5.41, 5.74) is 45.2. The van der Waals surface area contributed by atoms with Crippen LogP contribution in [0, 0.1) is 47.3 Å². The van der Waals surface area contributed by atoms with E-state index < -0.39 is 186 Å². The zero-order chi connectivity index (χ0) is 83.5. The van der Waals surface area contributed by atoms with Gasteiger partial charge in [-0.2, -0.15) is 0 Å². The van der Waals surface area contributed by atoms with Crippen LogP contribution in [-0.2, 0) is 67.1 Å². The number of nitrogens with two attached hydrogens (primary N) is 8. The predicted molar refractivity (Wildman–Crippen MR) is 417 cm³/mol. The van der Waals surface area contributed by atoms with Crippen LogP contribution in [0.25, 0.3) is 0 Å². The van der Waals surface area contributed by atoms with Crippen molar-refractivity contribution in [3.05, 3.63) is 0 Å². The molecule has 0 saturated heterocycles. The molecule has 0 aromatic heterocycles. The Morgan fingerprint density at radius 3 is 0.844 bits per heavy atom. The average Bonchev–Trinajstić information content (AvgIpc) is 0.860. The first-order chi connectivity index (χ1) is 50.9. The van der Waals surface area contributed by atoms with Crippen LogP contribution in [0.4, 0.5) is 0 Å². The highest BCUT2D eigenvalue weighted by molar-refractivity contribution is 5.99. The summed E-state index contributed by atoms with van der Waals surface area (Å²) in [6.07, 6.45) is 3.06. The largest absolute Gasteiger partial charge is 0.370 e. The normalized spacial score (nSPS) is 14.7. The van der Waals surface area contributed by atoms with Gasteiger partial charge in [-0.1, -0.05) is 117 Å². The molecular weight excluding hydrogens is 1410 g/mol. The van der Waals surface area contributed by atoms with Crippen molar-refractivity contribution in [2.24, 2.45) is 103 Å². The fourth-order valence-corrected chi connectivity index (χ4v) is 11.4. The molecular formula is C72H137N23O14. The molecule has 0 aromatic rings. The van der Waals surface area contributed by atoms with Crippen LogP contribution in [-0.4, -0.2) is 206 Å². The van der Waals surface area contributed by atoms with Crippen molar-refractivity contribution < 1.29 is 67.1 Å². The van der Waals surface area contributed by atoms with E-state index in [2.05, 4.69) is 79.1 Å².